The van der Waals surface area contributed by atoms with E-state index < -0.39 is 0 Å². The summed E-state index contributed by atoms with van der Waals surface area (Å²) < 4.78 is 0. The molecule has 1 amide bonds. The molecule has 1 heterocycles. The summed E-state index contributed by atoms with van der Waals surface area (Å²) in [6, 6.07) is 0.0622. The molecular weight excluding hydrogens is 224 g/mol. The number of hydrogen-bond donors (Lipinski definition) is 2. The van der Waals surface area contributed by atoms with Crippen molar-refractivity contribution in [3.8, 4) is 0 Å². The summed E-state index contributed by atoms with van der Waals surface area (Å²) in [5, 5.41) is 6.42. The lowest BCUT2D eigenvalue weighted by Crippen LogP contribution is -2.45. The second-order valence-electron chi connectivity index (χ2n) is 6.69. The zero-order chi connectivity index (χ0) is 13.0. The molecule has 0 aromatic carbocycles. The van der Waals surface area contributed by atoms with Gasteiger partial charge >= 0.3 is 0 Å². The Labute approximate surface area is 111 Å². The molecule has 2 aliphatic rings. The fraction of sp³-hybridized carbons (Fsp3) is 0.933. The number of rotatable bonds is 4. The molecule has 1 atom stereocenters. The van der Waals surface area contributed by atoms with Crippen LogP contribution in [0.2, 0.25) is 0 Å². The third-order valence-electron chi connectivity index (χ3n) is 4.81. The largest absolute Gasteiger partial charge is 0.354 e. The van der Waals surface area contributed by atoms with Crippen molar-refractivity contribution in [1.82, 2.24) is 10.6 Å². The average Bonchev–Trinajstić information content (AvgIpc) is 2.91. The summed E-state index contributed by atoms with van der Waals surface area (Å²) >= 11 is 0. The van der Waals surface area contributed by atoms with Gasteiger partial charge in [0.1, 0.15) is 0 Å². The summed E-state index contributed by atoms with van der Waals surface area (Å²) in [6.07, 6.45) is 8.93. The van der Waals surface area contributed by atoms with E-state index in [1.54, 1.807) is 0 Å². The Morgan fingerprint density at radius 2 is 1.89 bits per heavy atom. The van der Waals surface area contributed by atoms with Crippen molar-refractivity contribution in [3.63, 3.8) is 0 Å². The Hall–Kier alpha value is -0.570. The van der Waals surface area contributed by atoms with Gasteiger partial charge in [-0.05, 0) is 43.6 Å². The van der Waals surface area contributed by atoms with Crippen LogP contribution in [0.25, 0.3) is 0 Å². The quantitative estimate of drug-likeness (QED) is 0.807. The third kappa shape index (κ3) is 3.47. The van der Waals surface area contributed by atoms with Crippen LogP contribution in [-0.4, -0.2) is 25.0 Å². The molecule has 1 saturated carbocycles. The molecule has 1 unspecified atom stereocenters. The molecule has 1 saturated heterocycles. The lowest BCUT2D eigenvalue weighted by Gasteiger charge is -2.37. The lowest BCUT2D eigenvalue weighted by atomic mass is 9.71. The minimum Gasteiger partial charge on any atom is -0.354 e. The number of amides is 1. The van der Waals surface area contributed by atoms with Crippen molar-refractivity contribution in [2.45, 2.75) is 64.8 Å². The zero-order valence-electron chi connectivity index (χ0n) is 11.9. The van der Waals surface area contributed by atoms with Gasteiger partial charge in [-0.25, -0.2) is 0 Å². The van der Waals surface area contributed by atoms with Crippen molar-refractivity contribution in [1.29, 1.82) is 0 Å². The predicted molar refractivity (Wildman–Crippen MR) is 74.4 cm³/mol. The molecular formula is C15H28N2O. The molecule has 0 aromatic rings. The minimum absolute atomic E-state index is 0.0622. The van der Waals surface area contributed by atoms with E-state index >= 15 is 0 Å². The molecule has 104 valence electrons. The maximum Gasteiger partial charge on any atom is 0.237 e. The van der Waals surface area contributed by atoms with Gasteiger partial charge in [-0.15, -0.1) is 0 Å². The maximum atomic E-state index is 12.0. The van der Waals surface area contributed by atoms with Crippen LogP contribution in [0.3, 0.4) is 0 Å². The Morgan fingerprint density at radius 1 is 1.17 bits per heavy atom. The van der Waals surface area contributed by atoms with Gasteiger partial charge in [-0.1, -0.05) is 33.1 Å². The van der Waals surface area contributed by atoms with Gasteiger partial charge in [-0.2, -0.15) is 0 Å². The van der Waals surface area contributed by atoms with Crippen LogP contribution in [0.15, 0.2) is 0 Å². The highest BCUT2D eigenvalue weighted by molar-refractivity contribution is 5.82. The summed E-state index contributed by atoms with van der Waals surface area (Å²) in [5.74, 6) is 0.986. The summed E-state index contributed by atoms with van der Waals surface area (Å²) in [7, 11) is 0. The Balaban J connectivity index is 1.78. The summed E-state index contributed by atoms with van der Waals surface area (Å²) in [4.78, 5) is 12.0. The molecule has 3 nitrogen and oxygen atoms in total. The van der Waals surface area contributed by atoms with Crippen LogP contribution < -0.4 is 10.6 Å². The van der Waals surface area contributed by atoms with Gasteiger partial charge in [-0.3, -0.25) is 4.79 Å². The van der Waals surface area contributed by atoms with Crippen molar-refractivity contribution < 1.29 is 4.79 Å². The molecule has 0 bridgehead atoms. The zero-order valence-corrected chi connectivity index (χ0v) is 11.9. The van der Waals surface area contributed by atoms with Crippen LogP contribution in [0.4, 0.5) is 0 Å². The number of carbonyl (C=O) groups excluding carboxylic acids is 1. The van der Waals surface area contributed by atoms with E-state index in [4.69, 9.17) is 0 Å². The number of hydrogen-bond acceptors (Lipinski definition) is 2. The lowest BCUT2D eigenvalue weighted by molar-refractivity contribution is -0.123. The molecule has 1 aliphatic heterocycles. The fourth-order valence-electron chi connectivity index (χ4n) is 3.37. The van der Waals surface area contributed by atoms with Crippen LogP contribution in [0.5, 0.6) is 0 Å². The molecule has 0 spiro atoms. The first-order valence-corrected chi connectivity index (χ1v) is 7.61. The Morgan fingerprint density at radius 3 is 2.50 bits per heavy atom. The van der Waals surface area contributed by atoms with E-state index in [1.807, 2.05) is 0 Å². The SMILES string of the molecule is CC(C)(CNC(=O)C1CCCN1)C1CCCCC1. The van der Waals surface area contributed by atoms with Crippen LogP contribution in [0, 0.1) is 11.3 Å². The van der Waals surface area contributed by atoms with Gasteiger partial charge < -0.3 is 10.6 Å². The van der Waals surface area contributed by atoms with Crippen molar-refractivity contribution in [2.24, 2.45) is 11.3 Å². The average molecular weight is 252 g/mol. The third-order valence-corrected chi connectivity index (χ3v) is 4.81. The molecule has 2 fully saturated rings. The van der Waals surface area contributed by atoms with Crippen LogP contribution >= 0.6 is 0 Å². The molecule has 0 radical (unpaired) electrons. The monoisotopic (exact) mass is 252 g/mol. The van der Waals surface area contributed by atoms with Gasteiger partial charge in [0.2, 0.25) is 5.91 Å². The molecule has 2 rings (SSSR count). The van der Waals surface area contributed by atoms with E-state index in [0.717, 1.165) is 31.8 Å². The van der Waals surface area contributed by atoms with Gasteiger partial charge in [0.15, 0.2) is 0 Å². The van der Waals surface area contributed by atoms with Gasteiger partial charge in [0.25, 0.3) is 0 Å². The van der Waals surface area contributed by atoms with E-state index in [-0.39, 0.29) is 17.4 Å². The molecule has 18 heavy (non-hydrogen) atoms. The van der Waals surface area contributed by atoms with Crippen LogP contribution in [-0.2, 0) is 4.79 Å². The standard InChI is InChI=1S/C15H28N2O/c1-15(2,12-7-4-3-5-8-12)11-17-14(18)13-9-6-10-16-13/h12-13,16H,3-11H2,1-2H3,(H,17,18). The first kappa shape index (κ1) is 13.9. The number of carbonyl (C=O) groups is 1. The molecule has 1 aliphatic carbocycles. The van der Waals surface area contributed by atoms with Crippen molar-refractivity contribution in [2.75, 3.05) is 13.1 Å². The normalized spacial score (nSPS) is 26.2. The van der Waals surface area contributed by atoms with Crippen LogP contribution in [0.1, 0.15) is 58.8 Å². The fourth-order valence-corrected chi connectivity index (χ4v) is 3.37. The second kappa shape index (κ2) is 6.05. The van der Waals surface area contributed by atoms with Crippen molar-refractivity contribution in [3.05, 3.63) is 0 Å². The Kier molecular flexibility index (Phi) is 4.66. The van der Waals surface area contributed by atoms with Crippen molar-refractivity contribution >= 4 is 5.91 Å². The van der Waals surface area contributed by atoms with Gasteiger partial charge in [0, 0.05) is 6.54 Å². The second-order valence-corrected chi connectivity index (χ2v) is 6.69. The number of nitrogens with one attached hydrogen (secondary N) is 2. The van der Waals surface area contributed by atoms with Gasteiger partial charge in [0.05, 0.1) is 6.04 Å². The first-order valence-electron chi connectivity index (χ1n) is 7.61. The predicted octanol–water partition coefficient (Wildman–Crippen LogP) is 2.46. The van der Waals surface area contributed by atoms with E-state index in [0.29, 0.717) is 0 Å². The topological polar surface area (TPSA) is 41.1 Å². The minimum atomic E-state index is 0.0622. The molecule has 2 N–H and O–H groups in total. The molecule has 3 heteroatoms. The van der Waals surface area contributed by atoms with E-state index in [9.17, 15) is 4.79 Å². The highest BCUT2D eigenvalue weighted by Crippen LogP contribution is 2.37. The Bertz CT molecular complexity index is 276. The smallest absolute Gasteiger partial charge is 0.237 e. The summed E-state index contributed by atoms with van der Waals surface area (Å²) in [6.45, 7) is 6.44. The highest BCUT2D eigenvalue weighted by Gasteiger charge is 2.32. The first-order chi connectivity index (χ1) is 8.59. The maximum absolute atomic E-state index is 12.0. The van der Waals surface area contributed by atoms with E-state index in [2.05, 4.69) is 24.5 Å². The highest BCUT2D eigenvalue weighted by atomic mass is 16.2. The molecule has 0 aromatic heterocycles. The summed E-state index contributed by atoms with van der Waals surface area (Å²) in [5.41, 5.74) is 0.245. The van der Waals surface area contributed by atoms with E-state index in [1.165, 1.54) is 32.1 Å².